The van der Waals surface area contributed by atoms with Gasteiger partial charge < -0.3 is 10.6 Å². The lowest BCUT2D eigenvalue weighted by Crippen LogP contribution is -2.37. The molecule has 3 rings (SSSR count). The minimum Gasteiger partial charge on any atom is -0.324 e. The SMILES string of the molecule is NC(CC(=O)N1CCCc2ccccc21)c1ccccc1. The van der Waals surface area contributed by atoms with Crippen LogP contribution in [0, 0.1) is 0 Å². The first-order valence-electron chi connectivity index (χ1n) is 7.44. The number of carbonyl (C=O) groups excluding carboxylic acids is 1. The Bertz CT molecular complexity index is 624. The molecule has 2 aromatic carbocycles. The molecule has 2 N–H and O–H groups in total. The zero-order valence-electron chi connectivity index (χ0n) is 12.0. The fourth-order valence-electron chi connectivity index (χ4n) is 2.91. The van der Waals surface area contributed by atoms with Gasteiger partial charge in [0.25, 0.3) is 0 Å². The summed E-state index contributed by atoms with van der Waals surface area (Å²) in [5.41, 5.74) is 9.49. The molecule has 2 aromatic rings. The number of nitrogens with two attached hydrogens (primary N) is 1. The van der Waals surface area contributed by atoms with Crippen molar-refractivity contribution in [1.82, 2.24) is 0 Å². The molecule has 0 aromatic heterocycles. The van der Waals surface area contributed by atoms with Gasteiger partial charge in [0.2, 0.25) is 5.91 Å². The molecule has 1 aliphatic rings. The highest BCUT2D eigenvalue weighted by Gasteiger charge is 2.23. The Morgan fingerprint density at radius 1 is 1.10 bits per heavy atom. The number of carbonyl (C=O) groups is 1. The van der Waals surface area contributed by atoms with Crippen molar-refractivity contribution in [1.29, 1.82) is 0 Å². The number of para-hydroxylation sites is 1. The molecule has 0 bridgehead atoms. The van der Waals surface area contributed by atoms with E-state index in [1.165, 1.54) is 5.56 Å². The van der Waals surface area contributed by atoms with Crippen LogP contribution < -0.4 is 10.6 Å². The normalized spacial score (nSPS) is 15.4. The Hall–Kier alpha value is -2.13. The molecule has 0 fully saturated rings. The van der Waals surface area contributed by atoms with E-state index in [0.717, 1.165) is 30.6 Å². The molecule has 1 heterocycles. The van der Waals surface area contributed by atoms with Gasteiger partial charge in [0.1, 0.15) is 0 Å². The van der Waals surface area contributed by atoms with Gasteiger partial charge >= 0.3 is 0 Å². The van der Waals surface area contributed by atoms with Gasteiger partial charge in [-0.1, -0.05) is 48.5 Å². The van der Waals surface area contributed by atoms with Crippen molar-refractivity contribution in [2.45, 2.75) is 25.3 Å². The molecular formula is C18H20N2O. The predicted octanol–water partition coefficient (Wildman–Crippen LogP) is 3.06. The summed E-state index contributed by atoms with van der Waals surface area (Å²) < 4.78 is 0. The lowest BCUT2D eigenvalue weighted by Gasteiger charge is -2.30. The number of amides is 1. The van der Waals surface area contributed by atoms with Crippen molar-refractivity contribution in [3.8, 4) is 0 Å². The van der Waals surface area contributed by atoms with E-state index < -0.39 is 0 Å². The molecule has 0 radical (unpaired) electrons. The zero-order chi connectivity index (χ0) is 14.7. The zero-order valence-corrected chi connectivity index (χ0v) is 12.0. The van der Waals surface area contributed by atoms with Crippen LogP contribution in [0.15, 0.2) is 54.6 Å². The van der Waals surface area contributed by atoms with Crippen molar-refractivity contribution in [2.24, 2.45) is 5.73 Å². The van der Waals surface area contributed by atoms with E-state index in [1.54, 1.807) is 0 Å². The third kappa shape index (κ3) is 2.98. The van der Waals surface area contributed by atoms with Crippen molar-refractivity contribution in [2.75, 3.05) is 11.4 Å². The van der Waals surface area contributed by atoms with Crippen LogP contribution in [-0.2, 0) is 11.2 Å². The Labute approximate surface area is 125 Å². The summed E-state index contributed by atoms with van der Waals surface area (Å²) in [4.78, 5) is 14.5. The predicted molar refractivity (Wildman–Crippen MR) is 85.1 cm³/mol. The number of hydrogen-bond donors (Lipinski definition) is 1. The molecule has 1 atom stereocenters. The van der Waals surface area contributed by atoms with E-state index in [9.17, 15) is 4.79 Å². The molecule has 1 unspecified atom stereocenters. The number of aryl methyl sites for hydroxylation is 1. The van der Waals surface area contributed by atoms with Gasteiger partial charge in [-0.3, -0.25) is 4.79 Å². The van der Waals surface area contributed by atoms with Gasteiger partial charge in [0, 0.05) is 24.7 Å². The minimum atomic E-state index is -0.243. The van der Waals surface area contributed by atoms with Crippen LogP contribution in [0.3, 0.4) is 0 Å². The third-order valence-electron chi connectivity index (χ3n) is 4.03. The molecule has 108 valence electrons. The fraction of sp³-hybridized carbons (Fsp3) is 0.278. The molecule has 0 saturated heterocycles. The average Bonchev–Trinajstić information content (AvgIpc) is 2.55. The van der Waals surface area contributed by atoms with E-state index in [4.69, 9.17) is 5.73 Å². The highest BCUT2D eigenvalue weighted by molar-refractivity contribution is 5.95. The van der Waals surface area contributed by atoms with Crippen LogP contribution in [-0.4, -0.2) is 12.5 Å². The number of benzene rings is 2. The van der Waals surface area contributed by atoms with Crippen molar-refractivity contribution in [3.63, 3.8) is 0 Å². The molecule has 0 spiro atoms. The topological polar surface area (TPSA) is 46.3 Å². The lowest BCUT2D eigenvalue weighted by atomic mass is 9.99. The second-order valence-electron chi connectivity index (χ2n) is 5.50. The Kier molecular flexibility index (Phi) is 4.02. The van der Waals surface area contributed by atoms with Crippen LogP contribution in [0.5, 0.6) is 0 Å². The quantitative estimate of drug-likeness (QED) is 0.939. The molecule has 21 heavy (non-hydrogen) atoms. The third-order valence-corrected chi connectivity index (χ3v) is 4.03. The molecule has 3 nitrogen and oxygen atoms in total. The Morgan fingerprint density at radius 2 is 1.81 bits per heavy atom. The number of hydrogen-bond acceptors (Lipinski definition) is 2. The van der Waals surface area contributed by atoms with Crippen LogP contribution in [0.25, 0.3) is 0 Å². The minimum absolute atomic E-state index is 0.110. The van der Waals surface area contributed by atoms with Crippen molar-refractivity contribution in [3.05, 3.63) is 65.7 Å². The summed E-state index contributed by atoms with van der Waals surface area (Å²) in [6.45, 7) is 0.789. The Balaban J connectivity index is 1.75. The van der Waals surface area contributed by atoms with E-state index in [0.29, 0.717) is 6.42 Å². The first-order chi connectivity index (χ1) is 10.3. The van der Waals surface area contributed by atoms with E-state index in [1.807, 2.05) is 53.4 Å². The summed E-state index contributed by atoms with van der Waals surface area (Å²) >= 11 is 0. The molecule has 3 heteroatoms. The van der Waals surface area contributed by atoms with E-state index >= 15 is 0 Å². The summed E-state index contributed by atoms with van der Waals surface area (Å²) in [5, 5.41) is 0. The lowest BCUT2D eigenvalue weighted by molar-refractivity contribution is -0.119. The number of fused-ring (bicyclic) bond motifs is 1. The monoisotopic (exact) mass is 280 g/mol. The number of rotatable bonds is 3. The summed E-state index contributed by atoms with van der Waals surface area (Å²) in [7, 11) is 0. The average molecular weight is 280 g/mol. The summed E-state index contributed by atoms with van der Waals surface area (Å²) in [5.74, 6) is 0.110. The second-order valence-corrected chi connectivity index (χ2v) is 5.50. The maximum atomic E-state index is 12.6. The van der Waals surface area contributed by atoms with E-state index in [-0.39, 0.29) is 11.9 Å². The van der Waals surface area contributed by atoms with Crippen molar-refractivity contribution >= 4 is 11.6 Å². The highest BCUT2D eigenvalue weighted by Crippen LogP contribution is 2.28. The highest BCUT2D eigenvalue weighted by atomic mass is 16.2. The van der Waals surface area contributed by atoms with Gasteiger partial charge in [-0.2, -0.15) is 0 Å². The maximum absolute atomic E-state index is 12.6. The summed E-state index contributed by atoms with van der Waals surface area (Å²) in [6.07, 6.45) is 2.41. The first-order valence-corrected chi connectivity index (χ1v) is 7.44. The smallest absolute Gasteiger partial charge is 0.228 e. The molecule has 1 amide bonds. The van der Waals surface area contributed by atoms with Gasteiger partial charge in [-0.25, -0.2) is 0 Å². The molecule has 1 aliphatic heterocycles. The molecule has 0 saturated carbocycles. The van der Waals surface area contributed by atoms with Gasteiger partial charge in [-0.15, -0.1) is 0 Å². The standard InChI is InChI=1S/C18H20N2O/c19-16(14-7-2-1-3-8-14)13-18(21)20-12-6-10-15-9-4-5-11-17(15)20/h1-5,7-9,11,16H,6,10,12-13,19H2. The van der Waals surface area contributed by atoms with Crippen LogP contribution >= 0.6 is 0 Å². The van der Waals surface area contributed by atoms with Gasteiger partial charge in [0.15, 0.2) is 0 Å². The van der Waals surface area contributed by atoms with Crippen LogP contribution in [0.2, 0.25) is 0 Å². The van der Waals surface area contributed by atoms with Gasteiger partial charge in [0.05, 0.1) is 0 Å². The number of nitrogens with zero attached hydrogens (tertiary/aromatic N) is 1. The van der Waals surface area contributed by atoms with Crippen molar-refractivity contribution < 1.29 is 4.79 Å². The second kappa shape index (κ2) is 6.10. The van der Waals surface area contributed by atoms with Crippen LogP contribution in [0.1, 0.15) is 30.0 Å². The molecule has 0 aliphatic carbocycles. The largest absolute Gasteiger partial charge is 0.324 e. The van der Waals surface area contributed by atoms with Crippen LogP contribution in [0.4, 0.5) is 5.69 Å². The maximum Gasteiger partial charge on any atom is 0.228 e. The molecular weight excluding hydrogens is 260 g/mol. The fourth-order valence-corrected chi connectivity index (χ4v) is 2.91. The first kappa shape index (κ1) is 13.8. The van der Waals surface area contributed by atoms with E-state index in [2.05, 4.69) is 6.07 Å². The van der Waals surface area contributed by atoms with Gasteiger partial charge in [-0.05, 0) is 30.0 Å². The summed E-state index contributed by atoms with van der Waals surface area (Å²) in [6, 6.07) is 17.7. The number of anilines is 1. The Morgan fingerprint density at radius 3 is 2.62 bits per heavy atom.